The zero-order valence-electron chi connectivity index (χ0n) is 12.0. The number of hydrogen-bond acceptors (Lipinski definition) is 2. The third kappa shape index (κ3) is 4.52. The van der Waals surface area contributed by atoms with Crippen molar-refractivity contribution in [2.24, 2.45) is 0 Å². The smallest absolute Gasteiger partial charge is 0.238 e. The fourth-order valence-electron chi connectivity index (χ4n) is 2.03. The van der Waals surface area contributed by atoms with Crippen molar-refractivity contribution in [1.29, 1.82) is 0 Å². The van der Waals surface area contributed by atoms with Crippen LogP contribution in [0.4, 0.5) is 5.69 Å². The summed E-state index contributed by atoms with van der Waals surface area (Å²) in [4.78, 5) is 13.9. The van der Waals surface area contributed by atoms with E-state index >= 15 is 0 Å². The Hall–Kier alpha value is -2.13. The van der Waals surface area contributed by atoms with E-state index in [4.69, 9.17) is 0 Å². The molecule has 0 atom stereocenters. The van der Waals surface area contributed by atoms with Crippen LogP contribution in [0.5, 0.6) is 0 Å². The molecule has 0 saturated carbocycles. The van der Waals surface area contributed by atoms with Gasteiger partial charge in [-0.25, -0.2) is 0 Å². The lowest BCUT2D eigenvalue weighted by Gasteiger charge is -2.16. The van der Waals surface area contributed by atoms with Crippen LogP contribution in [0.2, 0.25) is 0 Å². The average Bonchev–Trinajstić information content (AvgIpc) is 2.42. The lowest BCUT2D eigenvalue weighted by molar-refractivity contribution is -0.117. The van der Waals surface area contributed by atoms with E-state index in [-0.39, 0.29) is 5.91 Å². The number of nitrogens with zero attached hydrogens (tertiary/aromatic N) is 1. The minimum Gasteiger partial charge on any atom is -0.325 e. The summed E-state index contributed by atoms with van der Waals surface area (Å²) in [5.41, 5.74) is 3.23. The van der Waals surface area contributed by atoms with E-state index in [1.165, 1.54) is 11.1 Å². The Balaban J connectivity index is 1.83. The maximum absolute atomic E-state index is 11.9. The zero-order chi connectivity index (χ0) is 14.4. The van der Waals surface area contributed by atoms with Crippen molar-refractivity contribution < 1.29 is 4.79 Å². The van der Waals surface area contributed by atoms with E-state index in [0.717, 1.165) is 12.2 Å². The van der Waals surface area contributed by atoms with Crippen LogP contribution in [0.25, 0.3) is 0 Å². The first-order valence-electron chi connectivity index (χ1n) is 6.72. The first kappa shape index (κ1) is 14.3. The highest BCUT2D eigenvalue weighted by molar-refractivity contribution is 5.92. The Morgan fingerprint density at radius 1 is 1.05 bits per heavy atom. The molecule has 0 aliphatic carbocycles. The predicted octanol–water partition coefficient (Wildman–Crippen LogP) is 3.07. The summed E-state index contributed by atoms with van der Waals surface area (Å²) in [5.74, 6) is 0.00674. The molecule has 0 radical (unpaired) electrons. The molecule has 0 aromatic heterocycles. The number of carbonyl (C=O) groups excluding carboxylic acids is 1. The molecular weight excluding hydrogens is 248 g/mol. The molecule has 0 spiro atoms. The number of amides is 1. The molecule has 1 amide bonds. The van der Waals surface area contributed by atoms with E-state index < -0.39 is 0 Å². The third-order valence-electron chi connectivity index (χ3n) is 3.04. The fraction of sp³-hybridized carbons (Fsp3) is 0.235. The van der Waals surface area contributed by atoms with Crippen LogP contribution < -0.4 is 5.32 Å². The standard InChI is InChI=1S/C17H20N2O/c1-14-8-10-16(11-9-14)18-17(20)13-19(2)12-15-6-4-3-5-7-15/h3-11H,12-13H2,1-2H3,(H,18,20). The Bertz CT molecular complexity index is 549. The maximum atomic E-state index is 11.9. The second kappa shape index (κ2) is 6.87. The highest BCUT2D eigenvalue weighted by Gasteiger charge is 2.07. The van der Waals surface area contributed by atoms with Gasteiger partial charge in [-0.05, 0) is 31.7 Å². The number of benzene rings is 2. The first-order chi connectivity index (χ1) is 9.63. The molecule has 2 aromatic carbocycles. The number of likely N-dealkylation sites (N-methyl/N-ethyl adjacent to an activating group) is 1. The summed E-state index contributed by atoms with van der Waals surface area (Å²) in [7, 11) is 1.95. The van der Waals surface area contributed by atoms with Crippen molar-refractivity contribution in [3.05, 3.63) is 65.7 Å². The lowest BCUT2D eigenvalue weighted by Crippen LogP contribution is -2.29. The Morgan fingerprint density at radius 3 is 2.35 bits per heavy atom. The minimum absolute atomic E-state index is 0.00674. The molecule has 0 heterocycles. The minimum atomic E-state index is 0.00674. The molecule has 0 saturated heterocycles. The molecular formula is C17H20N2O. The van der Waals surface area contributed by atoms with Gasteiger partial charge in [0.05, 0.1) is 6.54 Å². The van der Waals surface area contributed by atoms with Crippen LogP contribution in [-0.2, 0) is 11.3 Å². The molecule has 0 aliphatic heterocycles. The van der Waals surface area contributed by atoms with Gasteiger partial charge in [-0.15, -0.1) is 0 Å². The van der Waals surface area contributed by atoms with Crippen LogP contribution in [0.3, 0.4) is 0 Å². The summed E-state index contributed by atoms with van der Waals surface area (Å²) in [6, 6.07) is 18.0. The second-order valence-electron chi connectivity index (χ2n) is 5.07. The summed E-state index contributed by atoms with van der Waals surface area (Å²) in [5, 5.41) is 2.91. The van der Waals surface area contributed by atoms with Gasteiger partial charge in [0, 0.05) is 12.2 Å². The highest BCUT2D eigenvalue weighted by Crippen LogP contribution is 2.09. The number of carbonyl (C=O) groups is 1. The van der Waals surface area contributed by atoms with E-state index in [1.54, 1.807) is 0 Å². The molecule has 2 aromatic rings. The van der Waals surface area contributed by atoms with Gasteiger partial charge in [-0.2, -0.15) is 0 Å². The van der Waals surface area contributed by atoms with Crippen LogP contribution in [-0.4, -0.2) is 24.4 Å². The van der Waals surface area contributed by atoms with E-state index in [2.05, 4.69) is 17.4 Å². The second-order valence-corrected chi connectivity index (χ2v) is 5.07. The molecule has 3 nitrogen and oxygen atoms in total. The quantitative estimate of drug-likeness (QED) is 0.904. The summed E-state index contributed by atoms with van der Waals surface area (Å²) < 4.78 is 0. The fourth-order valence-corrected chi connectivity index (χ4v) is 2.03. The van der Waals surface area contributed by atoms with Crippen LogP contribution >= 0.6 is 0 Å². The van der Waals surface area contributed by atoms with Gasteiger partial charge in [0.2, 0.25) is 5.91 Å². The number of hydrogen-bond donors (Lipinski definition) is 1. The van der Waals surface area contributed by atoms with E-state index in [1.807, 2.05) is 61.3 Å². The zero-order valence-corrected chi connectivity index (χ0v) is 12.0. The summed E-state index contributed by atoms with van der Waals surface area (Å²) in [6.07, 6.45) is 0. The van der Waals surface area contributed by atoms with E-state index in [0.29, 0.717) is 6.54 Å². The van der Waals surface area contributed by atoms with Crippen molar-refractivity contribution in [1.82, 2.24) is 4.90 Å². The van der Waals surface area contributed by atoms with Gasteiger partial charge >= 0.3 is 0 Å². The number of anilines is 1. The Morgan fingerprint density at radius 2 is 1.70 bits per heavy atom. The highest BCUT2D eigenvalue weighted by atomic mass is 16.2. The molecule has 20 heavy (non-hydrogen) atoms. The molecule has 0 bridgehead atoms. The first-order valence-corrected chi connectivity index (χ1v) is 6.72. The van der Waals surface area contributed by atoms with Crippen molar-refractivity contribution in [3.8, 4) is 0 Å². The van der Waals surface area contributed by atoms with Gasteiger partial charge in [0.25, 0.3) is 0 Å². The van der Waals surface area contributed by atoms with Gasteiger partial charge in [-0.3, -0.25) is 9.69 Å². The van der Waals surface area contributed by atoms with Crippen molar-refractivity contribution in [2.45, 2.75) is 13.5 Å². The molecule has 2 rings (SSSR count). The predicted molar refractivity (Wildman–Crippen MR) is 82.6 cm³/mol. The van der Waals surface area contributed by atoms with Crippen molar-refractivity contribution in [3.63, 3.8) is 0 Å². The van der Waals surface area contributed by atoms with Gasteiger partial charge < -0.3 is 5.32 Å². The number of nitrogens with one attached hydrogen (secondary N) is 1. The van der Waals surface area contributed by atoms with Crippen molar-refractivity contribution in [2.75, 3.05) is 18.9 Å². The molecule has 0 fully saturated rings. The summed E-state index contributed by atoms with van der Waals surface area (Å²) in [6.45, 7) is 3.17. The molecule has 0 aliphatic rings. The van der Waals surface area contributed by atoms with Crippen LogP contribution in [0.1, 0.15) is 11.1 Å². The topological polar surface area (TPSA) is 32.3 Å². The lowest BCUT2D eigenvalue weighted by atomic mass is 10.2. The van der Waals surface area contributed by atoms with Crippen LogP contribution in [0, 0.1) is 6.92 Å². The normalized spacial score (nSPS) is 10.6. The average molecular weight is 268 g/mol. The van der Waals surface area contributed by atoms with Gasteiger partial charge in [0.1, 0.15) is 0 Å². The Labute approximate surface area is 120 Å². The van der Waals surface area contributed by atoms with Crippen LogP contribution in [0.15, 0.2) is 54.6 Å². The number of rotatable bonds is 5. The largest absolute Gasteiger partial charge is 0.325 e. The van der Waals surface area contributed by atoms with E-state index in [9.17, 15) is 4.79 Å². The monoisotopic (exact) mass is 268 g/mol. The Kier molecular flexibility index (Phi) is 4.91. The third-order valence-corrected chi connectivity index (χ3v) is 3.04. The molecule has 1 N–H and O–H groups in total. The molecule has 104 valence electrons. The molecule has 3 heteroatoms. The van der Waals surface area contributed by atoms with Gasteiger partial charge in [0.15, 0.2) is 0 Å². The molecule has 0 unspecified atom stereocenters. The number of aryl methyl sites for hydroxylation is 1. The maximum Gasteiger partial charge on any atom is 0.238 e. The van der Waals surface area contributed by atoms with Crippen molar-refractivity contribution >= 4 is 11.6 Å². The van der Waals surface area contributed by atoms with Gasteiger partial charge in [-0.1, -0.05) is 48.0 Å². The SMILES string of the molecule is Cc1ccc(NC(=O)CN(C)Cc2ccccc2)cc1. The summed E-state index contributed by atoms with van der Waals surface area (Å²) >= 11 is 0.